The zero-order chi connectivity index (χ0) is 23.9. The molecule has 0 unspecified atom stereocenters. The molecule has 0 saturated heterocycles. The second kappa shape index (κ2) is 10.8. The molecule has 0 fully saturated rings. The normalized spacial score (nSPS) is 11.7. The van der Waals surface area contributed by atoms with Crippen LogP contribution in [0.25, 0.3) is 0 Å². The number of nitrogens with zero attached hydrogens (tertiary/aromatic N) is 1. The molecule has 2 heterocycles. The Hall–Kier alpha value is -3.85. The van der Waals surface area contributed by atoms with E-state index in [4.69, 9.17) is 14.2 Å². The molecule has 1 aliphatic heterocycles. The van der Waals surface area contributed by atoms with Crippen molar-refractivity contribution < 1.29 is 28.6 Å². The van der Waals surface area contributed by atoms with Crippen molar-refractivity contribution in [2.75, 3.05) is 24.5 Å². The number of ether oxygens (including phenoxy) is 3. The van der Waals surface area contributed by atoms with Crippen LogP contribution in [-0.2, 0) is 16.0 Å². The Labute approximate surface area is 200 Å². The van der Waals surface area contributed by atoms with Gasteiger partial charge in [-0.25, -0.2) is 9.78 Å². The van der Waals surface area contributed by atoms with Gasteiger partial charge < -0.3 is 19.5 Å². The number of hydrogen-bond donors (Lipinski definition) is 1. The highest BCUT2D eigenvalue weighted by molar-refractivity contribution is 8.00. The maximum atomic E-state index is 12.6. The number of rotatable bonds is 9. The van der Waals surface area contributed by atoms with E-state index in [1.165, 1.54) is 6.20 Å². The van der Waals surface area contributed by atoms with Gasteiger partial charge >= 0.3 is 5.97 Å². The minimum atomic E-state index is -0.676. The molecular weight excluding hydrogens is 456 g/mol. The summed E-state index contributed by atoms with van der Waals surface area (Å²) in [6.07, 6.45) is 2.40. The van der Waals surface area contributed by atoms with Gasteiger partial charge in [-0.15, -0.1) is 0 Å². The third-order valence-corrected chi connectivity index (χ3v) is 6.01. The Kier molecular flexibility index (Phi) is 7.44. The van der Waals surface area contributed by atoms with Crippen LogP contribution in [0.15, 0.2) is 65.8 Å². The predicted octanol–water partition coefficient (Wildman–Crippen LogP) is 4.14. The van der Waals surface area contributed by atoms with Crippen molar-refractivity contribution in [3.05, 3.63) is 77.5 Å². The van der Waals surface area contributed by atoms with Crippen LogP contribution >= 0.6 is 11.8 Å². The lowest BCUT2D eigenvalue weighted by Crippen LogP contribution is -2.16. The van der Waals surface area contributed by atoms with E-state index in [9.17, 15) is 14.4 Å². The standard InChI is InChI=1S/C25H22N2O6S/c1-2-16-5-7-17(8-6-16)20(28)13-31-25(30)19-4-3-11-26-24(19)34-14-23(29)27-18-9-10-21-22(12-18)33-15-32-21/h3-12H,2,13-15H2,1H3,(H,27,29). The monoisotopic (exact) mass is 478 g/mol. The van der Waals surface area contributed by atoms with Crippen molar-refractivity contribution >= 4 is 35.1 Å². The van der Waals surface area contributed by atoms with Crippen molar-refractivity contribution in [3.63, 3.8) is 0 Å². The number of aromatic nitrogens is 1. The van der Waals surface area contributed by atoms with Crippen LogP contribution in [0.1, 0.15) is 33.2 Å². The van der Waals surface area contributed by atoms with Gasteiger partial charge in [-0.2, -0.15) is 0 Å². The summed E-state index contributed by atoms with van der Waals surface area (Å²) in [6.45, 7) is 1.80. The minimum absolute atomic E-state index is 0.0223. The number of anilines is 1. The van der Waals surface area contributed by atoms with Gasteiger partial charge in [-0.3, -0.25) is 9.59 Å². The number of Topliss-reactive ketones (excluding diaryl/α,β-unsaturated/α-hetero) is 1. The summed E-state index contributed by atoms with van der Waals surface area (Å²) in [4.78, 5) is 41.5. The van der Waals surface area contributed by atoms with Crippen LogP contribution in [0.4, 0.5) is 5.69 Å². The summed E-state index contributed by atoms with van der Waals surface area (Å²) in [6, 6.07) is 15.5. The van der Waals surface area contributed by atoms with Crippen molar-refractivity contribution in [3.8, 4) is 11.5 Å². The quantitative estimate of drug-likeness (QED) is 0.278. The van der Waals surface area contributed by atoms with E-state index in [1.54, 1.807) is 42.5 Å². The van der Waals surface area contributed by atoms with Gasteiger partial charge in [0.15, 0.2) is 23.9 Å². The fraction of sp³-hybridized carbons (Fsp3) is 0.200. The predicted molar refractivity (Wildman–Crippen MR) is 127 cm³/mol. The van der Waals surface area contributed by atoms with Crippen molar-refractivity contribution in [1.82, 2.24) is 4.98 Å². The zero-order valence-electron chi connectivity index (χ0n) is 18.4. The lowest BCUT2D eigenvalue weighted by Gasteiger charge is -2.09. The van der Waals surface area contributed by atoms with Gasteiger partial charge in [0.05, 0.1) is 11.3 Å². The molecule has 1 aliphatic rings. The lowest BCUT2D eigenvalue weighted by molar-refractivity contribution is -0.113. The largest absolute Gasteiger partial charge is 0.454 e. The van der Waals surface area contributed by atoms with E-state index in [-0.39, 0.29) is 36.4 Å². The molecule has 4 rings (SSSR count). The Morgan fingerprint density at radius 1 is 1.06 bits per heavy atom. The smallest absolute Gasteiger partial charge is 0.341 e. The number of carbonyl (C=O) groups excluding carboxylic acids is 3. The van der Waals surface area contributed by atoms with Crippen LogP contribution in [0.2, 0.25) is 0 Å². The molecule has 0 atom stereocenters. The number of aryl methyl sites for hydroxylation is 1. The van der Waals surface area contributed by atoms with Crippen LogP contribution in [0.3, 0.4) is 0 Å². The molecule has 8 nitrogen and oxygen atoms in total. The maximum Gasteiger partial charge on any atom is 0.341 e. The van der Waals surface area contributed by atoms with E-state index >= 15 is 0 Å². The first-order valence-electron chi connectivity index (χ1n) is 10.6. The van der Waals surface area contributed by atoms with Crippen molar-refractivity contribution in [1.29, 1.82) is 0 Å². The Morgan fingerprint density at radius 3 is 2.65 bits per heavy atom. The van der Waals surface area contributed by atoms with Crippen molar-refractivity contribution in [2.24, 2.45) is 0 Å². The number of carbonyl (C=O) groups is 3. The molecule has 0 bridgehead atoms. The summed E-state index contributed by atoms with van der Waals surface area (Å²) >= 11 is 1.10. The van der Waals surface area contributed by atoms with Gasteiger partial charge in [0.25, 0.3) is 0 Å². The van der Waals surface area contributed by atoms with Gasteiger partial charge in [0.1, 0.15) is 5.03 Å². The first-order valence-corrected chi connectivity index (χ1v) is 11.6. The number of pyridine rings is 1. The molecular formula is C25H22N2O6S. The number of fused-ring (bicyclic) bond motifs is 1. The first-order chi connectivity index (χ1) is 16.5. The highest BCUT2D eigenvalue weighted by Gasteiger charge is 2.18. The molecule has 3 aromatic rings. The lowest BCUT2D eigenvalue weighted by atomic mass is 10.1. The molecule has 9 heteroatoms. The highest BCUT2D eigenvalue weighted by atomic mass is 32.2. The highest BCUT2D eigenvalue weighted by Crippen LogP contribution is 2.34. The average molecular weight is 479 g/mol. The first kappa shape index (κ1) is 23.3. The van der Waals surface area contributed by atoms with Crippen LogP contribution < -0.4 is 14.8 Å². The number of hydrogen-bond acceptors (Lipinski definition) is 8. The number of nitrogens with one attached hydrogen (secondary N) is 1. The van der Waals surface area contributed by atoms with E-state index in [1.807, 2.05) is 19.1 Å². The Bertz CT molecular complexity index is 1210. The molecule has 1 aromatic heterocycles. The Morgan fingerprint density at radius 2 is 1.85 bits per heavy atom. The average Bonchev–Trinajstić information content (AvgIpc) is 3.34. The third-order valence-electron chi connectivity index (χ3n) is 5.01. The number of ketones is 1. The van der Waals surface area contributed by atoms with Gasteiger partial charge in [-0.1, -0.05) is 43.0 Å². The van der Waals surface area contributed by atoms with Gasteiger partial charge in [0.2, 0.25) is 12.7 Å². The minimum Gasteiger partial charge on any atom is -0.454 e. The van der Waals surface area contributed by atoms with Crippen LogP contribution in [-0.4, -0.2) is 41.8 Å². The number of esters is 1. The Balaban J connectivity index is 1.32. The fourth-order valence-electron chi connectivity index (χ4n) is 3.18. The summed E-state index contributed by atoms with van der Waals surface area (Å²) in [7, 11) is 0. The molecule has 0 saturated carbocycles. The number of amides is 1. The molecule has 174 valence electrons. The summed E-state index contributed by atoms with van der Waals surface area (Å²) in [5.41, 5.74) is 2.36. The molecule has 1 amide bonds. The summed E-state index contributed by atoms with van der Waals surface area (Å²) in [5.74, 6) is -0.0346. The SMILES string of the molecule is CCc1ccc(C(=O)COC(=O)c2cccnc2SCC(=O)Nc2ccc3c(c2)OCO3)cc1. The molecule has 0 spiro atoms. The third kappa shape index (κ3) is 5.74. The maximum absolute atomic E-state index is 12.6. The molecule has 2 aromatic carbocycles. The van der Waals surface area contributed by atoms with E-state index in [0.29, 0.717) is 27.8 Å². The van der Waals surface area contributed by atoms with Gasteiger partial charge in [0, 0.05) is 23.5 Å². The van der Waals surface area contributed by atoms with Crippen molar-refractivity contribution in [2.45, 2.75) is 18.4 Å². The van der Waals surface area contributed by atoms with Crippen LogP contribution in [0.5, 0.6) is 11.5 Å². The summed E-state index contributed by atoms with van der Waals surface area (Å²) in [5, 5.41) is 3.11. The van der Waals surface area contributed by atoms with E-state index in [2.05, 4.69) is 10.3 Å². The van der Waals surface area contributed by atoms with E-state index in [0.717, 1.165) is 23.7 Å². The van der Waals surface area contributed by atoms with Gasteiger partial charge in [-0.05, 0) is 36.2 Å². The fourth-order valence-corrected chi connectivity index (χ4v) is 3.97. The topological polar surface area (TPSA) is 104 Å². The molecule has 0 aliphatic carbocycles. The van der Waals surface area contributed by atoms with Crippen LogP contribution in [0, 0.1) is 0 Å². The molecule has 1 N–H and O–H groups in total. The van der Waals surface area contributed by atoms with E-state index < -0.39 is 5.97 Å². The number of thioether (sulfide) groups is 1. The molecule has 0 radical (unpaired) electrons. The zero-order valence-corrected chi connectivity index (χ0v) is 19.2. The summed E-state index contributed by atoms with van der Waals surface area (Å²) < 4.78 is 15.8. The molecule has 34 heavy (non-hydrogen) atoms. The number of benzene rings is 2. The second-order valence-electron chi connectivity index (χ2n) is 7.31. The second-order valence-corrected chi connectivity index (χ2v) is 8.27.